The molecule has 1 saturated carbocycles. The largest absolute Gasteiger partial charge is 0.477 e. The minimum Gasteiger partial charge on any atom is -0.477 e. The Bertz CT molecular complexity index is 1180. The van der Waals surface area contributed by atoms with Gasteiger partial charge in [0.25, 0.3) is 5.91 Å². The second kappa shape index (κ2) is 7.51. The Balaban J connectivity index is 1.28. The number of aromatic carboxylic acids is 1. The number of aryl methyl sites for hydroxylation is 1. The lowest BCUT2D eigenvalue weighted by Gasteiger charge is -2.19. The number of nitrogens with one attached hydrogen (secondary N) is 2. The van der Waals surface area contributed by atoms with Gasteiger partial charge in [-0.3, -0.25) is 9.78 Å². The number of H-pyrrole nitrogens is 1. The number of anilines is 1. The number of carbonyl (C=O) groups is 2. The van der Waals surface area contributed by atoms with E-state index in [0.29, 0.717) is 40.2 Å². The highest BCUT2D eigenvalue weighted by Gasteiger charge is 2.57. The van der Waals surface area contributed by atoms with E-state index in [9.17, 15) is 14.7 Å². The molecular weight excluding hydrogens is 461 g/mol. The minimum atomic E-state index is -1.01. The molecule has 3 aromatic heterocycles. The number of piperidine rings is 1. The number of hydrogen-bond acceptors (Lipinski definition) is 6. The summed E-state index contributed by atoms with van der Waals surface area (Å²) >= 11 is 13.4. The molecule has 2 aliphatic rings. The van der Waals surface area contributed by atoms with Crippen LogP contribution in [0, 0.1) is 18.8 Å². The molecule has 0 spiro atoms. The van der Waals surface area contributed by atoms with E-state index in [1.165, 1.54) is 0 Å². The standard InChI is InChI=1S/C20H17Cl2N5O3S/c1-8-12(21)13(22)16(24-8)18(28)25-15-10-6-27(7-11(10)15)20-26-14(17(31-20)19(29)30)9-3-2-4-23-5-9/h2-5,10-11,15,24H,6-7H2,1H3,(H,25,28)(H,29,30)/t10-,11+,15-. The van der Waals surface area contributed by atoms with Crippen LogP contribution in [-0.4, -0.2) is 51.1 Å². The van der Waals surface area contributed by atoms with Crippen LogP contribution in [0.15, 0.2) is 24.5 Å². The normalized spacial score (nSPS) is 21.8. The summed E-state index contributed by atoms with van der Waals surface area (Å²) in [5.74, 6) is -0.706. The zero-order chi connectivity index (χ0) is 21.9. The van der Waals surface area contributed by atoms with Gasteiger partial charge in [-0.15, -0.1) is 0 Å². The average Bonchev–Trinajstić information content (AvgIpc) is 3.16. The minimum absolute atomic E-state index is 0.0545. The lowest BCUT2D eigenvalue weighted by molar-refractivity contribution is 0.0702. The molecule has 0 aromatic carbocycles. The lowest BCUT2D eigenvalue weighted by atomic mass is 10.2. The van der Waals surface area contributed by atoms with Crippen molar-refractivity contribution in [2.24, 2.45) is 11.8 Å². The van der Waals surface area contributed by atoms with Crippen LogP contribution in [0.25, 0.3) is 11.3 Å². The number of aromatic amines is 1. The van der Waals surface area contributed by atoms with Gasteiger partial charge in [-0.05, 0) is 19.1 Å². The smallest absolute Gasteiger partial charge is 0.348 e. The molecule has 160 valence electrons. The Labute approximate surface area is 191 Å². The molecule has 11 heteroatoms. The number of hydrogen-bond donors (Lipinski definition) is 3. The molecule has 2 fully saturated rings. The lowest BCUT2D eigenvalue weighted by Crippen LogP contribution is -2.34. The second-order valence-corrected chi connectivity index (χ2v) is 9.44. The van der Waals surface area contributed by atoms with Crippen LogP contribution in [0.4, 0.5) is 5.13 Å². The molecule has 1 saturated heterocycles. The average molecular weight is 478 g/mol. The van der Waals surface area contributed by atoms with Crippen molar-refractivity contribution < 1.29 is 14.7 Å². The van der Waals surface area contributed by atoms with Gasteiger partial charge in [-0.1, -0.05) is 34.5 Å². The van der Waals surface area contributed by atoms with Gasteiger partial charge in [-0.25, -0.2) is 9.78 Å². The Morgan fingerprint density at radius 3 is 2.61 bits per heavy atom. The Kier molecular flexibility index (Phi) is 4.91. The van der Waals surface area contributed by atoms with Crippen LogP contribution in [0.5, 0.6) is 0 Å². The Morgan fingerprint density at radius 1 is 1.29 bits per heavy atom. The van der Waals surface area contributed by atoms with Gasteiger partial charge < -0.3 is 20.3 Å². The van der Waals surface area contributed by atoms with Crippen LogP contribution in [0.1, 0.15) is 25.9 Å². The fourth-order valence-corrected chi connectivity index (χ4v) is 5.50. The van der Waals surface area contributed by atoms with Crippen LogP contribution >= 0.6 is 34.5 Å². The molecule has 0 bridgehead atoms. The fraction of sp³-hybridized carbons (Fsp3) is 0.300. The second-order valence-electron chi connectivity index (χ2n) is 7.71. The molecule has 3 aromatic rings. The summed E-state index contributed by atoms with van der Waals surface area (Å²) in [6.45, 7) is 3.16. The molecule has 1 aliphatic heterocycles. The predicted octanol–water partition coefficient (Wildman–Crippen LogP) is 3.71. The first kappa shape index (κ1) is 20.3. The third-order valence-corrected chi connectivity index (χ3v) is 7.84. The summed E-state index contributed by atoms with van der Waals surface area (Å²) in [4.78, 5) is 38.1. The van der Waals surface area contributed by atoms with Crippen LogP contribution in [-0.2, 0) is 0 Å². The summed E-state index contributed by atoms with van der Waals surface area (Å²) in [6, 6.07) is 3.60. The molecule has 3 N–H and O–H groups in total. The topological polar surface area (TPSA) is 111 Å². The molecular formula is C20H17Cl2N5O3S. The first-order valence-electron chi connectivity index (χ1n) is 9.59. The third-order valence-electron chi connectivity index (χ3n) is 5.79. The molecule has 8 nitrogen and oxygen atoms in total. The number of aromatic nitrogens is 3. The van der Waals surface area contributed by atoms with E-state index in [-0.39, 0.29) is 39.4 Å². The van der Waals surface area contributed by atoms with Crippen molar-refractivity contribution >= 4 is 51.5 Å². The molecule has 1 amide bonds. The number of halogens is 2. The van der Waals surface area contributed by atoms with Crippen molar-refractivity contribution in [2.75, 3.05) is 18.0 Å². The van der Waals surface area contributed by atoms with Gasteiger partial charge in [0, 0.05) is 54.6 Å². The summed E-state index contributed by atoms with van der Waals surface area (Å²) in [6.07, 6.45) is 3.24. The SMILES string of the molecule is Cc1[nH]c(C(=O)N[C@@H]2[C@@H]3CN(c4nc(-c5cccnc5)c(C(=O)O)s4)C[C@@H]32)c(Cl)c1Cl. The Morgan fingerprint density at radius 2 is 2.03 bits per heavy atom. The summed E-state index contributed by atoms with van der Waals surface area (Å²) < 4.78 is 0. The number of rotatable bonds is 5. The maximum absolute atomic E-state index is 12.6. The summed E-state index contributed by atoms with van der Waals surface area (Å²) in [5.41, 5.74) is 2.04. The monoisotopic (exact) mass is 477 g/mol. The molecule has 0 radical (unpaired) electrons. The maximum atomic E-state index is 12.6. The summed E-state index contributed by atoms with van der Waals surface area (Å²) in [7, 11) is 0. The van der Waals surface area contributed by atoms with E-state index in [0.717, 1.165) is 11.3 Å². The van der Waals surface area contributed by atoms with Crippen molar-refractivity contribution in [3.05, 3.63) is 50.8 Å². The van der Waals surface area contributed by atoms with Crippen molar-refractivity contribution in [3.63, 3.8) is 0 Å². The zero-order valence-electron chi connectivity index (χ0n) is 16.2. The van der Waals surface area contributed by atoms with Gasteiger partial charge in [0.05, 0.1) is 15.7 Å². The van der Waals surface area contributed by atoms with Gasteiger partial charge >= 0.3 is 5.97 Å². The predicted molar refractivity (Wildman–Crippen MR) is 118 cm³/mol. The van der Waals surface area contributed by atoms with Gasteiger partial charge in [0.2, 0.25) is 0 Å². The highest BCUT2D eigenvalue weighted by Crippen LogP contribution is 2.48. The van der Waals surface area contributed by atoms with E-state index < -0.39 is 5.97 Å². The first-order chi connectivity index (χ1) is 14.8. The van der Waals surface area contributed by atoms with Crippen LogP contribution < -0.4 is 10.2 Å². The number of amides is 1. The van der Waals surface area contributed by atoms with Crippen molar-refractivity contribution in [3.8, 4) is 11.3 Å². The molecule has 31 heavy (non-hydrogen) atoms. The van der Waals surface area contributed by atoms with Crippen molar-refractivity contribution in [1.29, 1.82) is 0 Å². The maximum Gasteiger partial charge on any atom is 0.348 e. The first-order valence-corrected chi connectivity index (χ1v) is 11.2. The van der Waals surface area contributed by atoms with E-state index in [1.54, 1.807) is 31.5 Å². The van der Waals surface area contributed by atoms with Gasteiger partial charge in [-0.2, -0.15) is 0 Å². The number of carboxylic acids is 1. The molecule has 4 heterocycles. The molecule has 1 aliphatic carbocycles. The van der Waals surface area contributed by atoms with E-state index in [2.05, 4.69) is 25.2 Å². The summed E-state index contributed by atoms with van der Waals surface area (Å²) in [5, 5.41) is 13.9. The molecule has 0 unspecified atom stereocenters. The van der Waals surface area contributed by atoms with E-state index in [4.69, 9.17) is 23.2 Å². The third kappa shape index (κ3) is 3.46. The Hall–Kier alpha value is -2.62. The van der Waals surface area contributed by atoms with Crippen molar-refractivity contribution in [2.45, 2.75) is 13.0 Å². The molecule has 3 atom stereocenters. The fourth-order valence-electron chi connectivity index (χ4n) is 4.14. The van der Waals surface area contributed by atoms with Crippen LogP contribution in [0.2, 0.25) is 10.0 Å². The van der Waals surface area contributed by atoms with E-state index in [1.807, 2.05) is 0 Å². The number of thiazole rings is 1. The van der Waals surface area contributed by atoms with Gasteiger partial charge in [0.1, 0.15) is 10.6 Å². The number of nitrogens with zero attached hydrogens (tertiary/aromatic N) is 3. The highest BCUT2D eigenvalue weighted by molar-refractivity contribution is 7.17. The molecule has 5 rings (SSSR count). The van der Waals surface area contributed by atoms with E-state index >= 15 is 0 Å². The quantitative estimate of drug-likeness (QED) is 0.516. The highest BCUT2D eigenvalue weighted by atomic mass is 35.5. The van der Waals surface area contributed by atoms with Crippen LogP contribution in [0.3, 0.4) is 0 Å². The zero-order valence-corrected chi connectivity index (χ0v) is 18.6. The number of pyridine rings is 1. The van der Waals surface area contributed by atoms with Gasteiger partial charge in [0.15, 0.2) is 5.13 Å². The number of fused-ring (bicyclic) bond motifs is 1. The van der Waals surface area contributed by atoms with Crippen molar-refractivity contribution in [1.82, 2.24) is 20.3 Å². The number of carboxylic acid groups (broad SMARTS) is 1. The number of carbonyl (C=O) groups excluding carboxylic acids is 1.